The van der Waals surface area contributed by atoms with Gasteiger partial charge < -0.3 is 9.84 Å². The van der Waals surface area contributed by atoms with E-state index in [4.69, 9.17) is 21.4 Å². The fourth-order valence-corrected chi connectivity index (χ4v) is 1.99. The molecule has 1 aromatic rings. The Morgan fingerprint density at radius 1 is 1.50 bits per heavy atom. The van der Waals surface area contributed by atoms with Gasteiger partial charge in [0.15, 0.2) is 0 Å². The summed E-state index contributed by atoms with van der Waals surface area (Å²) in [7, 11) is 0. The number of hydrogen-bond acceptors (Lipinski definition) is 2. The maximum absolute atomic E-state index is 10.3. The molecule has 0 unspecified atom stereocenters. The first-order valence-electron chi connectivity index (χ1n) is 5.74. The molecule has 0 atom stereocenters. The number of carboxylic acids is 1. The van der Waals surface area contributed by atoms with Crippen LogP contribution in [0.4, 0.5) is 0 Å². The molecule has 0 radical (unpaired) electrons. The van der Waals surface area contributed by atoms with Crippen LogP contribution in [0.1, 0.15) is 30.9 Å². The van der Waals surface area contributed by atoms with Gasteiger partial charge in [-0.25, -0.2) is 4.79 Å². The first-order chi connectivity index (χ1) is 8.41. The van der Waals surface area contributed by atoms with Crippen molar-refractivity contribution in [2.24, 2.45) is 0 Å². The summed E-state index contributed by atoms with van der Waals surface area (Å²) in [5, 5.41) is 9.19. The van der Waals surface area contributed by atoms with Crippen LogP contribution >= 0.6 is 11.6 Å². The molecular formula is C14H17ClO3. The zero-order chi connectivity index (χ0) is 13.7. The molecular weight excluding hydrogens is 252 g/mol. The SMILES string of the molecule is Cc1cc(Cl)c(C(C)C)cc1OCC=CC(=O)O. The van der Waals surface area contributed by atoms with Gasteiger partial charge in [-0.1, -0.05) is 25.4 Å². The Labute approximate surface area is 112 Å². The van der Waals surface area contributed by atoms with E-state index in [1.54, 1.807) is 0 Å². The number of rotatable bonds is 5. The summed E-state index contributed by atoms with van der Waals surface area (Å²) in [6, 6.07) is 3.78. The minimum absolute atomic E-state index is 0.228. The van der Waals surface area contributed by atoms with Crippen molar-refractivity contribution < 1.29 is 14.6 Å². The quantitative estimate of drug-likeness (QED) is 0.827. The molecule has 0 aromatic heterocycles. The number of aryl methyl sites for hydroxylation is 1. The van der Waals surface area contributed by atoms with Crippen molar-refractivity contribution in [2.45, 2.75) is 26.7 Å². The van der Waals surface area contributed by atoms with Gasteiger partial charge in [0, 0.05) is 11.1 Å². The zero-order valence-corrected chi connectivity index (χ0v) is 11.5. The second-order valence-corrected chi connectivity index (χ2v) is 4.75. The van der Waals surface area contributed by atoms with E-state index in [9.17, 15) is 4.79 Å². The van der Waals surface area contributed by atoms with Gasteiger partial charge in [0.25, 0.3) is 0 Å². The van der Waals surface area contributed by atoms with Crippen LogP contribution in [0.15, 0.2) is 24.3 Å². The summed E-state index contributed by atoms with van der Waals surface area (Å²) in [5.41, 5.74) is 1.97. The standard InChI is InChI=1S/C14H17ClO3/c1-9(2)11-8-13(10(3)7-12(11)15)18-6-4-5-14(16)17/h4-5,7-9H,6H2,1-3H3,(H,16,17). The molecule has 98 valence electrons. The van der Waals surface area contributed by atoms with E-state index in [1.165, 1.54) is 6.08 Å². The van der Waals surface area contributed by atoms with Crippen molar-refractivity contribution in [3.63, 3.8) is 0 Å². The van der Waals surface area contributed by atoms with Crippen molar-refractivity contribution in [2.75, 3.05) is 6.61 Å². The van der Waals surface area contributed by atoms with Gasteiger partial charge in [0.2, 0.25) is 0 Å². The fourth-order valence-electron chi connectivity index (χ4n) is 1.55. The number of halogens is 1. The third-order valence-electron chi connectivity index (χ3n) is 2.51. The normalized spacial score (nSPS) is 11.2. The molecule has 0 aliphatic carbocycles. The van der Waals surface area contributed by atoms with Crippen molar-refractivity contribution in [3.05, 3.63) is 40.4 Å². The van der Waals surface area contributed by atoms with E-state index in [2.05, 4.69) is 13.8 Å². The van der Waals surface area contributed by atoms with Crippen molar-refractivity contribution >= 4 is 17.6 Å². The summed E-state index contributed by atoms with van der Waals surface area (Å²) in [4.78, 5) is 10.3. The predicted octanol–water partition coefficient (Wildman–Crippen LogP) is 3.79. The second kappa shape index (κ2) is 6.45. The van der Waals surface area contributed by atoms with Crippen LogP contribution in [0.2, 0.25) is 5.02 Å². The molecule has 0 aliphatic heterocycles. The van der Waals surface area contributed by atoms with E-state index in [0.29, 0.717) is 5.92 Å². The molecule has 0 aliphatic rings. The van der Waals surface area contributed by atoms with Crippen LogP contribution in [0, 0.1) is 6.92 Å². The number of benzene rings is 1. The Kier molecular flexibility index (Phi) is 5.23. The Hall–Kier alpha value is -1.48. The lowest BCUT2D eigenvalue weighted by atomic mass is 10.0. The first-order valence-corrected chi connectivity index (χ1v) is 6.12. The number of hydrogen-bond donors (Lipinski definition) is 1. The monoisotopic (exact) mass is 268 g/mol. The highest BCUT2D eigenvalue weighted by atomic mass is 35.5. The summed E-state index contributed by atoms with van der Waals surface area (Å²) in [6.07, 6.45) is 2.53. The van der Waals surface area contributed by atoms with Crippen LogP contribution in [-0.4, -0.2) is 17.7 Å². The molecule has 1 rings (SSSR count). The van der Waals surface area contributed by atoms with Crippen LogP contribution in [-0.2, 0) is 4.79 Å². The largest absolute Gasteiger partial charge is 0.489 e. The van der Waals surface area contributed by atoms with Gasteiger partial charge >= 0.3 is 5.97 Å². The van der Waals surface area contributed by atoms with E-state index in [0.717, 1.165) is 28.0 Å². The van der Waals surface area contributed by atoms with Gasteiger partial charge in [-0.15, -0.1) is 0 Å². The van der Waals surface area contributed by atoms with Crippen molar-refractivity contribution in [1.82, 2.24) is 0 Å². The second-order valence-electron chi connectivity index (χ2n) is 4.35. The Morgan fingerprint density at radius 2 is 2.17 bits per heavy atom. The topological polar surface area (TPSA) is 46.5 Å². The molecule has 0 saturated carbocycles. The molecule has 0 heterocycles. The minimum atomic E-state index is -0.978. The number of aliphatic carboxylic acids is 1. The minimum Gasteiger partial charge on any atom is -0.489 e. The smallest absolute Gasteiger partial charge is 0.328 e. The molecule has 3 nitrogen and oxygen atoms in total. The maximum atomic E-state index is 10.3. The van der Waals surface area contributed by atoms with E-state index in [-0.39, 0.29) is 6.61 Å². The Bertz CT molecular complexity index is 464. The van der Waals surface area contributed by atoms with Gasteiger partial charge in [0.05, 0.1) is 0 Å². The third kappa shape index (κ3) is 4.08. The summed E-state index contributed by atoms with van der Waals surface area (Å²) >= 11 is 6.15. The molecule has 0 fully saturated rings. The summed E-state index contributed by atoms with van der Waals surface area (Å²) < 4.78 is 5.52. The average molecular weight is 269 g/mol. The summed E-state index contributed by atoms with van der Waals surface area (Å²) in [6.45, 7) is 6.26. The van der Waals surface area contributed by atoms with Crippen LogP contribution in [0.25, 0.3) is 0 Å². The lowest BCUT2D eigenvalue weighted by Gasteiger charge is -2.13. The van der Waals surface area contributed by atoms with Gasteiger partial charge in [-0.3, -0.25) is 0 Å². The van der Waals surface area contributed by atoms with Gasteiger partial charge in [0.1, 0.15) is 12.4 Å². The third-order valence-corrected chi connectivity index (χ3v) is 2.84. The molecule has 0 amide bonds. The first kappa shape index (κ1) is 14.6. The van der Waals surface area contributed by atoms with Crippen molar-refractivity contribution in [3.8, 4) is 5.75 Å². The predicted molar refractivity (Wildman–Crippen MR) is 72.5 cm³/mol. The molecule has 0 spiro atoms. The Morgan fingerprint density at radius 3 is 2.72 bits per heavy atom. The molecule has 18 heavy (non-hydrogen) atoms. The van der Waals surface area contributed by atoms with Crippen LogP contribution < -0.4 is 4.74 Å². The molecule has 1 N–H and O–H groups in total. The summed E-state index contributed by atoms with van der Waals surface area (Å²) in [5.74, 6) is 0.0717. The lowest BCUT2D eigenvalue weighted by Crippen LogP contribution is -1.99. The fraction of sp³-hybridized carbons (Fsp3) is 0.357. The molecule has 1 aromatic carbocycles. The highest BCUT2D eigenvalue weighted by Gasteiger charge is 2.09. The van der Waals surface area contributed by atoms with Gasteiger partial charge in [-0.2, -0.15) is 0 Å². The number of ether oxygens (including phenoxy) is 1. The van der Waals surface area contributed by atoms with Crippen molar-refractivity contribution in [1.29, 1.82) is 0 Å². The maximum Gasteiger partial charge on any atom is 0.328 e. The highest BCUT2D eigenvalue weighted by molar-refractivity contribution is 6.31. The highest BCUT2D eigenvalue weighted by Crippen LogP contribution is 2.31. The average Bonchev–Trinajstić information content (AvgIpc) is 2.25. The lowest BCUT2D eigenvalue weighted by molar-refractivity contribution is -0.131. The Balaban J connectivity index is 2.82. The molecule has 0 saturated heterocycles. The molecule has 0 bridgehead atoms. The van der Waals surface area contributed by atoms with E-state index < -0.39 is 5.97 Å². The van der Waals surface area contributed by atoms with Crippen LogP contribution in [0.3, 0.4) is 0 Å². The zero-order valence-electron chi connectivity index (χ0n) is 10.7. The van der Waals surface area contributed by atoms with Crippen LogP contribution in [0.5, 0.6) is 5.75 Å². The van der Waals surface area contributed by atoms with Gasteiger partial charge in [-0.05, 0) is 42.2 Å². The molecule has 4 heteroatoms. The number of carboxylic acid groups (broad SMARTS) is 1. The van der Waals surface area contributed by atoms with E-state index in [1.807, 2.05) is 19.1 Å². The van der Waals surface area contributed by atoms with E-state index >= 15 is 0 Å². The number of carbonyl (C=O) groups is 1.